The van der Waals surface area contributed by atoms with E-state index in [1.54, 1.807) is 13.3 Å². The molecule has 1 N–H and O–H groups in total. The van der Waals surface area contributed by atoms with Crippen LogP contribution in [-0.4, -0.2) is 54.7 Å². The Kier molecular flexibility index (Phi) is 7.11. The van der Waals surface area contributed by atoms with Crippen LogP contribution in [0.2, 0.25) is 0 Å². The van der Waals surface area contributed by atoms with Crippen LogP contribution in [0.1, 0.15) is 12.5 Å². The molecule has 33 heavy (non-hydrogen) atoms. The zero-order valence-corrected chi connectivity index (χ0v) is 20.6. The van der Waals surface area contributed by atoms with Gasteiger partial charge in [0.05, 0.1) is 35.5 Å². The summed E-state index contributed by atoms with van der Waals surface area (Å²) in [5.74, 6) is 1.31. The minimum atomic E-state index is 0.361. The van der Waals surface area contributed by atoms with Crippen LogP contribution in [0.15, 0.2) is 53.1 Å². The molecule has 1 aliphatic rings. The van der Waals surface area contributed by atoms with Gasteiger partial charge in [-0.25, -0.2) is 9.97 Å². The molecule has 1 atom stereocenters. The zero-order valence-electron chi connectivity index (χ0n) is 19.0. The lowest BCUT2D eigenvalue weighted by Gasteiger charge is -2.39. The Morgan fingerprint density at radius 2 is 2.09 bits per heavy atom. The Labute approximate surface area is 203 Å². The summed E-state index contributed by atoms with van der Waals surface area (Å²) >= 11 is 3.55. The Bertz CT molecular complexity index is 1180. The number of hydrogen-bond acceptors (Lipinski definition) is 7. The number of halogens is 1. The molecule has 2 heterocycles. The zero-order chi connectivity index (χ0) is 23.4. The molecule has 0 aliphatic carbocycles. The number of benzene rings is 2. The molecule has 0 amide bonds. The van der Waals surface area contributed by atoms with Crippen LogP contribution in [0, 0.1) is 11.3 Å². The van der Waals surface area contributed by atoms with Crippen molar-refractivity contribution in [1.29, 1.82) is 5.26 Å². The second-order valence-corrected chi connectivity index (χ2v) is 9.07. The van der Waals surface area contributed by atoms with E-state index in [1.807, 2.05) is 36.4 Å². The lowest BCUT2D eigenvalue weighted by molar-refractivity contribution is 0.233. The fraction of sp³-hybridized carbons (Fsp3) is 0.320. The molecule has 0 spiro atoms. The molecular weight excluding hydrogens is 480 g/mol. The molecule has 0 radical (unpaired) electrons. The number of nitrogens with zero attached hydrogens (tertiary/aromatic N) is 5. The number of anilines is 3. The van der Waals surface area contributed by atoms with Gasteiger partial charge in [0, 0.05) is 49.2 Å². The highest BCUT2D eigenvalue weighted by atomic mass is 79.9. The summed E-state index contributed by atoms with van der Waals surface area (Å²) in [5, 5.41) is 12.3. The predicted octanol–water partition coefficient (Wildman–Crippen LogP) is 4.86. The highest BCUT2D eigenvalue weighted by molar-refractivity contribution is 9.10. The normalized spacial score (nSPS) is 16.3. The number of nitrogens with one attached hydrogen (secondary N) is 1. The second kappa shape index (κ2) is 10.2. The van der Waals surface area contributed by atoms with Gasteiger partial charge in [0.1, 0.15) is 5.75 Å². The molecule has 1 aromatic heterocycles. The third-order valence-electron chi connectivity index (χ3n) is 5.96. The molecule has 8 heteroatoms. The van der Waals surface area contributed by atoms with E-state index in [9.17, 15) is 0 Å². The Morgan fingerprint density at radius 3 is 2.85 bits per heavy atom. The van der Waals surface area contributed by atoms with Crippen molar-refractivity contribution in [2.24, 2.45) is 0 Å². The number of nitriles is 1. The molecule has 1 aliphatic heterocycles. The Morgan fingerprint density at radius 1 is 1.24 bits per heavy atom. The molecule has 4 rings (SSSR count). The molecule has 0 unspecified atom stereocenters. The quantitative estimate of drug-likeness (QED) is 0.511. The van der Waals surface area contributed by atoms with Crippen molar-refractivity contribution < 1.29 is 4.74 Å². The van der Waals surface area contributed by atoms with Crippen LogP contribution in [0.5, 0.6) is 5.75 Å². The van der Waals surface area contributed by atoms with Gasteiger partial charge >= 0.3 is 0 Å². The first-order valence-corrected chi connectivity index (χ1v) is 11.7. The number of piperazine rings is 1. The highest BCUT2D eigenvalue weighted by Gasteiger charge is 2.23. The fourth-order valence-corrected chi connectivity index (χ4v) is 4.38. The van der Waals surface area contributed by atoms with Crippen LogP contribution in [-0.2, 0) is 6.42 Å². The number of rotatable bonds is 6. The van der Waals surface area contributed by atoms with Crippen LogP contribution in [0.4, 0.5) is 17.3 Å². The van der Waals surface area contributed by atoms with Gasteiger partial charge in [0.15, 0.2) is 0 Å². The first kappa shape index (κ1) is 23.0. The molecule has 0 saturated carbocycles. The van der Waals surface area contributed by atoms with E-state index in [4.69, 9.17) is 15.0 Å². The maximum Gasteiger partial charge on any atom is 0.227 e. The summed E-state index contributed by atoms with van der Waals surface area (Å²) in [5.41, 5.74) is 4.59. The second-order valence-electron chi connectivity index (χ2n) is 8.21. The number of hydrogen-bond donors (Lipinski definition) is 1. The summed E-state index contributed by atoms with van der Waals surface area (Å²) in [6, 6.07) is 16.6. The topological polar surface area (TPSA) is 77.3 Å². The maximum atomic E-state index is 9.00. The van der Waals surface area contributed by atoms with Gasteiger partial charge in [-0.05, 0) is 53.7 Å². The van der Waals surface area contributed by atoms with Gasteiger partial charge in [-0.3, -0.25) is 0 Å². The lowest BCUT2D eigenvalue weighted by Crippen LogP contribution is -2.50. The molecule has 3 aromatic rings. The molecule has 2 aromatic carbocycles. The van der Waals surface area contributed by atoms with Crippen molar-refractivity contribution in [3.63, 3.8) is 0 Å². The number of methoxy groups -OCH3 is 1. The van der Waals surface area contributed by atoms with Gasteiger partial charge in [0.25, 0.3) is 0 Å². The monoisotopic (exact) mass is 506 g/mol. The predicted molar refractivity (Wildman–Crippen MR) is 135 cm³/mol. The van der Waals surface area contributed by atoms with Crippen molar-refractivity contribution in [2.45, 2.75) is 19.4 Å². The Balaban J connectivity index is 1.58. The van der Waals surface area contributed by atoms with Crippen molar-refractivity contribution in [3.05, 3.63) is 58.7 Å². The first-order valence-electron chi connectivity index (χ1n) is 10.9. The van der Waals surface area contributed by atoms with Crippen molar-refractivity contribution in [3.8, 4) is 23.1 Å². The molecular formula is C25H27BrN6O. The van der Waals surface area contributed by atoms with Gasteiger partial charge in [-0.1, -0.05) is 18.2 Å². The number of ether oxygens (including phenoxy) is 1. The SMILES string of the molecule is COc1cc(Nc2ncc(Br)c(-c3cccc(CC#N)c3)n2)ccc1N1CCN(C)[C@H](C)C1. The van der Waals surface area contributed by atoms with E-state index in [-0.39, 0.29) is 0 Å². The van der Waals surface area contributed by atoms with E-state index in [0.717, 1.165) is 58.1 Å². The van der Waals surface area contributed by atoms with Gasteiger partial charge in [0.2, 0.25) is 5.95 Å². The van der Waals surface area contributed by atoms with Crippen molar-refractivity contribution in [1.82, 2.24) is 14.9 Å². The Hall–Kier alpha value is -3.15. The third-order valence-corrected chi connectivity index (χ3v) is 6.54. The lowest BCUT2D eigenvalue weighted by atomic mass is 10.1. The van der Waals surface area contributed by atoms with Crippen LogP contribution >= 0.6 is 15.9 Å². The maximum absolute atomic E-state index is 9.00. The van der Waals surface area contributed by atoms with E-state index < -0.39 is 0 Å². The van der Waals surface area contributed by atoms with Gasteiger partial charge in [-0.15, -0.1) is 0 Å². The van der Waals surface area contributed by atoms with Crippen LogP contribution < -0.4 is 15.0 Å². The highest BCUT2D eigenvalue weighted by Crippen LogP contribution is 2.34. The summed E-state index contributed by atoms with van der Waals surface area (Å²) in [6.45, 7) is 5.19. The standard InChI is InChI=1S/C25H27BrN6O/c1-17-16-32(12-11-31(17)2)22-8-7-20(14-23(22)33-3)29-25-28-15-21(26)24(30-25)19-6-4-5-18(13-19)9-10-27/h4-8,13-15,17H,9,11-12,16H2,1-3H3,(H,28,29,30)/t17-/m1/s1. The molecule has 1 saturated heterocycles. The average Bonchev–Trinajstić information content (AvgIpc) is 2.82. The molecule has 1 fully saturated rings. The van der Waals surface area contributed by atoms with E-state index in [2.05, 4.69) is 62.1 Å². The summed E-state index contributed by atoms with van der Waals surface area (Å²) in [7, 11) is 3.86. The van der Waals surface area contributed by atoms with Crippen molar-refractivity contribution >= 4 is 33.3 Å². The van der Waals surface area contributed by atoms with Crippen molar-refractivity contribution in [2.75, 3.05) is 44.0 Å². The minimum Gasteiger partial charge on any atom is -0.495 e. The van der Waals surface area contributed by atoms with Crippen LogP contribution in [0.25, 0.3) is 11.3 Å². The minimum absolute atomic E-state index is 0.361. The molecule has 0 bridgehead atoms. The smallest absolute Gasteiger partial charge is 0.227 e. The number of likely N-dealkylation sites (N-methyl/N-ethyl adjacent to an activating group) is 1. The summed E-state index contributed by atoms with van der Waals surface area (Å²) in [6.07, 6.45) is 2.10. The van der Waals surface area contributed by atoms with Gasteiger partial charge < -0.3 is 19.9 Å². The molecule has 7 nitrogen and oxygen atoms in total. The van der Waals surface area contributed by atoms with E-state index >= 15 is 0 Å². The van der Waals surface area contributed by atoms with E-state index in [1.165, 1.54) is 0 Å². The van der Waals surface area contributed by atoms with Gasteiger partial charge in [-0.2, -0.15) is 5.26 Å². The average molecular weight is 507 g/mol. The summed E-state index contributed by atoms with van der Waals surface area (Å²) < 4.78 is 6.51. The van der Waals surface area contributed by atoms with Crippen LogP contribution in [0.3, 0.4) is 0 Å². The largest absolute Gasteiger partial charge is 0.495 e. The van der Waals surface area contributed by atoms with E-state index in [0.29, 0.717) is 18.4 Å². The third kappa shape index (κ3) is 5.27. The first-order chi connectivity index (χ1) is 16.0. The summed E-state index contributed by atoms with van der Waals surface area (Å²) in [4.78, 5) is 13.9. The number of aromatic nitrogens is 2. The fourth-order valence-electron chi connectivity index (χ4n) is 3.96. The molecule has 170 valence electrons.